The molecule has 0 saturated carbocycles. The number of methoxy groups -OCH3 is 2. The van der Waals surface area contributed by atoms with Gasteiger partial charge in [0.2, 0.25) is 0 Å². The van der Waals surface area contributed by atoms with Gasteiger partial charge < -0.3 is 28.0 Å². The third-order valence-corrected chi connectivity index (χ3v) is 15.6. The summed E-state index contributed by atoms with van der Waals surface area (Å²) >= 11 is 0. The van der Waals surface area contributed by atoms with Crippen molar-refractivity contribution in [3.63, 3.8) is 0 Å². The summed E-state index contributed by atoms with van der Waals surface area (Å²) in [7, 11) is 4.93. The number of nitrogens with zero attached hydrogens (tertiary/aromatic N) is 4. The zero-order valence-corrected chi connectivity index (χ0v) is 39.6. The second-order valence-electron chi connectivity index (χ2n) is 16.3. The number of ether oxygens (including phenoxy) is 4. The fourth-order valence-electron chi connectivity index (χ4n) is 7.33. The van der Waals surface area contributed by atoms with Gasteiger partial charge in [-0.3, -0.25) is 13.9 Å². The van der Waals surface area contributed by atoms with Crippen LogP contribution in [0.4, 0.5) is 0 Å². The van der Waals surface area contributed by atoms with Crippen LogP contribution in [0.25, 0.3) is 0 Å². The van der Waals surface area contributed by atoms with Crippen LogP contribution in [0.5, 0.6) is 11.5 Å². The molecule has 0 spiro atoms. The average Bonchev–Trinajstić information content (AvgIpc) is 3.64. The minimum Gasteiger partial charge on any atom is -0.497 e. The third kappa shape index (κ3) is 12.1. The molecule has 1 aromatic heterocycles. The molecule has 2 heterocycles. The Hall–Kier alpha value is -3.64. The second-order valence-corrected chi connectivity index (χ2v) is 21.0. The fourth-order valence-corrected chi connectivity index (χ4v) is 11.3. The molecule has 1 fully saturated rings. The van der Waals surface area contributed by atoms with Crippen molar-refractivity contribution in [2.75, 3.05) is 33.2 Å². The van der Waals surface area contributed by atoms with Crippen LogP contribution in [-0.2, 0) is 30.7 Å². The molecule has 1 aliphatic heterocycles. The summed E-state index contributed by atoms with van der Waals surface area (Å²) in [5.41, 5.74) is 1.10. The van der Waals surface area contributed by atoms with Crippen LogP contribution < -0.4 is 20.7 Å². The van der Waals surface area contributed by atoms with Gasteiger partial charge in [-0.05, 0) is 75.6 Å². The number of hydrogen-bond donors (Lipinski definition) is 0. The molecule has 4 aromatic rings. The zero-order chi connectivity index (χ0) is 44.3. The van der Waals surface area contributed by atoms with Gasteiger partial charge in [0, 0.05) is 47.3 Å². The summed E-state index contributed by atoms with van der Waals surface area (Å²) in [5.74, 6) is 1.99. The molecule has 5 rings (SSSR count). The number of aromatic nitrogens is 2. The Bertz CT molecular complexity index is 2100. The molecular weight excluding hydrogens is 832 g/mol. The van der Waals surface area contributed by atoms with E-state index < -0.39 is 38.3 Å². The van der Waals surface area contributed by atoms with Crippen LogP contribution in [-0.4, -0.2) is 76.0 Å². The van der Waals surface area contributed by atoms with Gasteiger partial charge in [0.25, 0.3) is 14.1 Å². The van der Waals surface area contributed by atoms with Crippen LogP contribution in [0.3, 0.4) is 0 Å². The highest BCUT2D eigenvalue weighted by Crippen LogP contribution is 2.51. The van der Waals surface area contributed by atoms with Crippen LogP contribution in [0, 0.1) is 18.3 Å². The molecule has 61 heavy (non-hydrogen) atoms. The van der Waals surface area contributed by atoms with Gasteiger partial charge in [-0.2, -0.15) is 5.26 Å². The van der Waals surface area contributed by atoms with Gasteiger partial charge in [0.05, 0.1) is 46.0 Å². The Morgan fingerprint density at radius 2 is 1.48 bits per heavy atom. The maximum Gasteiger partial charge on any atom is 0.333 e. The van der Waals surface area contributed by atoms with Crippen molar-refractivity contribution in [3.05, 3.63) is 128 Å². The minimum atomic E-state index is -1.70. The number of benzene rings is 3. The van der Waals surface area contributed by atoms with E-state index in [-0.39, 0.29) is 55.0 Å². The SMILES string of the molecule is COc1ccc(C(OC[C@H]2O[C@@H](n3cc(C)c(=O)n(CCSSC(C)(C)C)c3=O)C[C@@H]2OP(OCCC#N)N(C(C)C)C(C)C)(c2ccccc2)c2ccc(OC)cc2)cc1. The van der Waals surface area contributed by atoms with Gasteiger partial charge in [-0.25, -0.2) is 9.46 Å². The van der Waals surface area contributed by atoms with Crippen molar-refractivity contribution in [2.24, 2.45) is 0 Å². The lowest BCUT2D eigenvalue weighted by Gasteiger charge is -2.39. The van der Waals surface area contributed by atoms with E-state index >= 15 is 0 Å². The van der Waals surface area contributed by atoms with E-state index in [1.165, 1.54) is 9.13 Å². The normalized spacial score (nSPS) is 17.5. The van der Waals surface area contributed by atoms with Crippen molar-refractivity contribution in [2.45, 2.75) is 116 Å². The highest BCUT2D eigenvalue weighted by Gasteiger charge is 2.45. The van der Waals surface area contributed by atoms with Crippen molar-refractivity contribution in [1.29, 1.82) is 5.26 Å². The first-order chi connectivity index (χ1) is 29.1. The van der Waals surface area contributed by atoms with E-state index in [9.17, 15) is 14.9 Å². The molecule has 15 heteroatoms. The first-order valence-corrected chi connectivity index (χ1v) is 24.1. The van der Waals surface area contributed by atoms with Crippen molar-refractivity contribution in [1.82, 2.24) is 13.8 Å². The second kappa shape index (κ2) is 22.1. The highest BCUT2D eigenvalue weighted by atomic mass is 33.1. The summed E-state index contributed by atoms with van der Waals surface area (Å²) in [5, 5.41) is 9.42. The lowest BCUT2D eigenvalue weighted by Crippen LogP contribution is -2.42. The zero-order valence-electron chi connectivity index (χ0n) is 37.0. The van der Waals surface area contributed by atoms with E-state index in [2.05, 4.69) is 59.2 Å². The maximum absolute atomic E-state index is 14.3. The molecule has 0 amide bonds. The standard InChI is InChI=1S/C46H61N4O8PS2/c1-32(2)50(33(3)4)59(56-27-14-25-47)58-40-29-42(49-30-34(5)43(51)48(44(49)52)26-28-60-61-45(6,7)8)57-41(40)31-55-46(35-15-12-11-13-16-35,36-17-21-38(53-9)22-18-36)37-19-23-39(54-10)24-20-37/h11-13,15-24,30,32-33,40-42H,14,26-29,31H2,1-10H3/t40-,41+,42+,59?/m0/s1. The quantitative estimate of drug-likeness (QED) is 0.0342. The lowest BCUT2D eigenvalue weighted by molar-refractivity contribution is -0.0927. The summed E-state index contributed by atoms with van der Waals surface area (Å²) in [6.45, 7) is 16.9. The van der Waals surface area contributed by atoms with Crippen LogP contribution in [0.15, 0.2) is 94.6 Å². The van der Waals surface area contributed by atoms with Gasteiger partial charge in [-0.15, -0.1) is 0 Å². The molecule has 3 aromatic carbocycles. The Morgan fingerprint density at radius 3 is 2.00 bits per heavy atom. The predicted octanol–water partition coefficient (Wildman–Crippen LogP) is 9.47. The van der Waals surface area contributed by atoms with Crippen molar-refractivity contribution >= 4 is 30.1 Å². The van der Waals surface area contributed by atoms with Crippen molar-refractivity contribution in [3.8, 4) is 17.6 Å². The largest absolute Gasteiger partial charge is 0.497 e. The molecular formula is C46H61N4O8PS2. The van der Waals surface area contributed by atoms with Crippen LogP contribution in [0.2, 0.25) is 0 Å². The Kier molecular flexibility index (Phi) is 17.6. The summed E-state index contributed by atoms with van der Waals surface area (Å²) in [6.07, 6.45) is -0.0504. The Labute approximate surface area is 370 Å². The molecule has 0 radical (unpaired) electrons. The average molecular weight is 893 g/mol. The molecule has 1 aliphatic rings. The van der Waals surface area contributed by atoms with Gasteiger partial charge in [-0.1, -0.05) is 97.0 Å². The lowest BCUT2D eigenvalue weighted by atomic mass is 9.80. The summed E-state index contributed by atoms with van der Waals surface area (Å²) < 4.78 is 43.8. The number of hydrogen-bond acceptors (Lipinski definition) is 12. The monoisotopic (exact) mass is 892 g/mol. The number of nitriles is 1. The fraction of sp³-hybridized carbons (Fsp3) is 0.500. The Balaban J connectivity index is 1.60. The van der Waals surface area contributed by atoms with Crippen LogP contribution in [0.1, 0.15) is 89.8 Å². The molecule has 1 saturated heterocycles. The van der Waals surface area contributed by atoms with Gasteiger partial charge >= 0.3 is 5.69 Å². The minimum absolute atomic E-state index is 0.0313. The molecule has 0 aliphatic carbocycles. The first kappa shape index (κ1) is 48.4. The van der Waals surface area contributed by atoms with Crippen molar-refractivity contribution < 1.29 is 28.0 Å². The highest BCUT2D eigenvalue weighted by molar-refractivity contribution is 8.77. The first-order valence-electron chi connectivity index (χ1n) is 20.7. The van der Waals surface area contributed by atoms with E-state index in [4.69, 9.17) is 28.0 Å². The summed E-state index contributed by atoms with van der Waals surface area (Å²) in [6, 6.07) is 27.9. The molecule has 12 nitrogen and oxygen atoms in total. The predicted molar refractivity (Wildman–Crippen MR) is 246 cm³/mol. The van der Waals surface area contributed by atoms with E-state index in [0.717, 1.165) is 16.7 Å². The topological polar surface area (TPSA) is 126 Å². The van der Waals surface area contributed by atoms with E-state index in [1.54, 1.807) is 48.9 Å². The van der Waals surface area contributed by atoms with E-state index in [1.807, 2.05) is 78.9 Å². The van der Waals surface area contributed by atoms with E-state index in [0.29, 0.717) is 22.8 Å². The smallest absolute Gasteiger partial charge is 0.333 e. The van der Waals surface area contributed by atoms with Crippen LogP contribution >= 0.6 is 30.1 Å². The van der Waals surface area contributed by atoms with Gasteiger partial charge in [0.15, 0.2) is 0 Å². The molecule has 330 valence electrons. The van der Waals surface area contributed by atoms with Gasteiger partial charge in [0.1, 0.15) is 29.4 Å². The molecule has 0 bridgehead atoms. The number of aryl methyl sites for hydroxylation is 1. The Morgan fingerprint density at radius 1 is 0.902 bits per heavy atom. The maximum atomic E-state index is 14.3. The molecule has 4 atom stereocenters. The summed E-state index contributed by atoms with van der Waals surface area (Å²) in [4.78, 5) is 27.7. The molecule has 1 unspecified atom stereocenters. The third-order valence-electron chi connectivity index (χ3n) is 10.1. The number of rotatable bonds is 21. The molecule has 0 N–H and O–H groups in total.